The van der Waals surface area contributed by atoms with Crippen LogP contribution in [-0.4, -0.2) is 17.4 Å². The number of benzene rings is 1. The Morgan fingerprint density at radius 3 is 2.81 bits per heavy atom. The number of rotatable bonds is 2. The van der Waals surface area contributed by atoms with Gasteiger partial charge in [-0.05, 0) is 47.0 Å². The quantitative estimate of drug-likeness (QED) is 0.496. The van der Waals surface area contributed by atoms with Crippen molar-refractivity contribution >= 4 is 39.5 Å². The maximum Gasteiger partial charge on any atom is 0.290 e. The fraction of sp³-hybridized carbons (Fsp3) is 0.143. The Kier molecular flexibility index (Phi) is 3.95. The molecule has 5 rings (SSSR count). The second-order valence-corrected chi connectivity index (χ2v) is 8.42. The summed E-state index contributed by atoms with van der Waals surface area (Å²) in [6.45, 7) is 0.603. The Morgan fingerprint density at radius 2 is 1.96 bits per heavy atom. The molecule has 27 heavy (non-hydrogen) atoms. The number of nitrogens with zero attached hydrogens (tertiary/aromatic N) is 1. The van der Waals surface area contributed by atoms with Crippen LogP contribution in [0.5, 0.6) is 0 Å². The van der Waals surface area contributed by atoms with Crippen LogP contribution in [0.3, 0.4) is 0 Å². The molecule has 0 N–H and O–H groups in total. The third kappa shape index (κ3) is 2.72. The molecule has 1 amide bonds. The van der Waals surface area contributed by atoms with Crippen LogP contribution in [0.2, 0.25) is 0 Å². The number of fused-ring (bicyclic) bond motifs is 2. The topological polar surface area (TPSA) is 50.5 Å². The molecule has 0 aliphatic carbocycles. The van der Waals surface area contributed by atoms with Crippen molar-refractivity contribution in [1.29, 1.82) is 0 Å². The molecule has 6 heteroatoms. The van der Waals surface area contributed by atoms with Gasteiger partial charge in [0, 0.05) is 22.4 Å². The van der Waals surface area contributed by atoms with E-state index in [1.54, 1.807) is 46.9 Å². The summed E-state index contributed by atoms with van der Waals surface area (Å²) in [4.78, 5) is 30.0. The molecule has 0 spiro atoms. The normalized spacial score (nSPS) is 16.4. The summed E-state index contributed by atoms with van der Waals surface area (Å²) in [7, 11) is 0. The van der Waals surface area contributed by atoms with Crippen LogP contribution in [0.4, 0.5) is 0 Å². The first-order valence-corrected chi connectivity index (χ1v) is 10.4. The fourth-order valence-electron chi connectivity index (χ4n) is 3.64. The van der Waals surface area contributed by atoms with Gasteiger partial charge in [-0.2, -0.15) is 0 Å². The largest absolute Gasteiger partial charge is 0.451 e. The Hall–Kier alpha value is -2.70. The third-order valence-corrected chi connectivity index (χ3v) is 6.81. The number of para-hydroxylation sites is 1. The van der Waals surface area contributed by atoms with Crippen LogP contribution >= 0.6 is 22.7 Å². The lowest BCUT2D eigenvalue weighted by Crippen LogP contribution is -2.40. The van der Waals surface area contributed by atoms with Crippen molar-refractivity contribution in [2.75, 3.05) is 6.54 Å². The van der Waals surface area contributed by atoms with Gasteiger partial charge in [0.15, 0.2) is 11.2 Å². The van der Waals surface area contributed by atoms with E-state index in [1.165, 1.54) is 16.5 Å². The molecule has 1 aromatic carbocycles. The lowest BCUT2D eigenvalue weighted by molar-refractivity contribution is 0.0666. The highest BCUT2D eigenvalue weighted by Gasteiger charge is 2.35. The van der Waals surface area contributed by atoms with E-state index >= 15 is 0 Å². The summed E-state index contributed by atoms with van der Waals surface area (Å²) in [6.07, 6.45) is 0.818. The first kappa shape index (κ1) is 16.5. The molecule has 4 aromatic rings. The van der Waals surface area contributed by atoms with Gasteiger partial charge in [0.2, 0.25) is 0 Å². The van der Waals surface area contributed by atoms with Crippen LogP contribution in [0, 0.1) is 0 Å². The van der Waals surface area contributed by atoms with E-state index in [0.717, 1.165) is 11.3 Å². The van der Waals surface area contributed by atoms with Crippen LogP contribution < -0.4 is 5.43 Å². The van der Waals surface area contributed by atoms with Gasteiger partial charge in [-0.25, -0.2) is 0 Å². The van der Waals surface area contributed by atoms with E-state index in [4.69, 9.17) is 4.42 Å². The van der Waals surface area contributed by atoms with Gasteiger partial charge >= 0.3 is 0 Å². The molecule has 0 radical (unpaired) electrons. The molecule has 1 aliphatic rings. The van der Waals surface area contributed by atoms with Crippen molar-refractivity contribution in [3.05, 3.63) is 90.6 Å². The number of thiophene rings is 2. The minimum atomic E-state index is -0.242. The van der Waals surface area contributed by atoms with E-state index in [0.29, 0.717) is 17.5 Å². The molecule has 0 bridgehead atoms. The van der Waals surface area contributed by atoms with Crippen molar-refractivity contribution in [1.82, 2.24) is 4.90 Å². The van der Waals surface area contributed by atoms with Gasteiger partial charge < -0.3 is 9.32 Å². The first-order valence-electron chi connectivity index (χ1n) is 8.66. The second-order valence-electron chi connectivity index (χ2n) is 6.44. The van der Waals surface area contributed by atoms with Gasteiger partial charge in [-0.1, -0.05) is 18.2 Å². The maximum atomic E-state index is 13.3. The van der Waals surface area contributed by atoms with Crippen molar-refractivity contribution in [2.45, 2.75) is 12.5 Å². The van der Waals surface area contributed by atoms with E-state index in [2.05, 4.69) is 17.5 Å². The summed E-state index contributed by atoms with van der Waals surface area (Å²) >= 11 is 3.37. The SMILES string of the molecule is O=C(c1cc(=O)c2ccccc2o1)N1CCc2sccc2[C@H]1c1cccs1. The molecule has 0 unspecified atom stereocenters. The van der Waals surface area contributed by atoms with Crippen molar-refractivity contribution < 1.29 is 9.21 Å². The zero-order chi connectivity index (χ0) is 18.4. The maximum absolute atomic E-state index is 13.3. The fourth-order valence-corrected chi connectivity index (χ4v) is 5.40. The molecular formula is C21H15NO3S2. The predicted molar refractivity (Wildman–Crippen MR) is 108 cm³/mol. The Balaban J connectivity index is 1.61. The molecule has 134 valence electrons. The van der Waals surface area contributed by atoms with Gasteiger partial charge in [-0.3, -0.25) is 9.59 Å². The van der Waals surface area contributed by atoms with Crippen LogP contribution in [0.15, 0.2) is 68.5 Å². The average Bonchev–Trinajstić information content (AvgIpc) is 3.38. The zero-order valence-electron chi connectivity index (χ0n) is 14.3. The summed E-state index contributed by atoms with van der Waals surface area (Å²) in [5.41, 5.74) is 1.42. The molecule has 0 saturated carbocycles. The second kappa shape index (κ2) is 6.48. The number of carbonyl (C=O) groups excluding carboxylic acids is 1. The summed E-state index contributed by atoms with van der Waals surface area (Å²) < 4.78 is 5.81. The van der Waals surface area contributed by atoms with Gasteiger partial charge in [-0.15, -0.1) is 22.7 Å². The number of carbonyl (C=O) groups is 1. The molecule has 4 nitrogen and oxygen atoms in total. The van der Waals surface area contributed by atoms with Crippen LogP contribution in [-0.2, 0) is 6.42 Å². The standard InChI is InChI=1S/C21H15NO3S2/c23-15-12-17(25-16-5-2-1-4-13(15)16)21(24)22-9-7-18-14(8-11-27-18)20(22)19-6-3-10-26-19/h1-6,8,10-12,20H,7,9H2/t20-/m0/s1. The highest BCUT2D eigenvalue weighted by molar-refractivity contribution is 7.10. The molecular weight excluding hydrogens is 378 g/mol. The summed E-state index contributed by atoms with van der Waals surface area (Å²) in [6, 6.07) is 14.4. The highest BCUT2D eigenvalue weighted by Crippen LogP contribution is 2.40. The highest BCUT2D eigenvalue weighted by atomic mass is 32.1. The summed E-state index contributed by atoms with van der Waals surface area (Å²) in [5, 5.41) is 4.59. The Morgan fingerprint density at radius 1 is 1.07 bits per heavy atom. The minimum absolute atomic E-state index is 0.0962. The first-order chi connectivity index (χ1) is 13.2. The third-order valence-electron chi connectivity index (χ3n) is 4.88. The predicted octanol–water partition coefficient (Wildman–Crippen LogP) is 4.70. The smallest absolute Gasteiger partial charge is 0.290 e. The van der Waals surface area contributed by atoms with Crippen molar-refractivity contribution in [2.24, 2.45) is 0 Å². The van der Waals surface area contributed by atoms with E-state index in [1.807, 2.05) is 16.3 Å². The van der Waals surface area contributed by atoms with E-state index < -0.39 is 0 Å². The van der Waals surface area contributed by atoms with Crippen LogP contribution in [0.25, 0.3) is 11.0 Å². The van der Waals surface area contributed by atoms with Gasteiger partial charge in [0.05, 0.1) is 11.4 Å². The van der Waals surface area contributed by atoms with Gasteiger partial charge in [0.1, 0.15) is 5.58 Å². The van der Waals surface area contributed by atoms with Gasteiger partial charge in [0.25, 0.3) is 5.91 Å². The molecule has 1 aliphatic heterocycles. The zero-order valence-corrected chi connectivity index (χ0v) is 15.9. The van der Waals surface area contributed by atoms with E-state index in [-0.39, 0.29) is 23.1 Å². The Labute approximate surface area is 163 Å². The average molecular weight is 393 g/mol. The minimum Gasteiger partial charge on any atom is -0.451 e. The number of amides is 1. The lowest BCUT2D eigenvalue weighted by Gasteiger charge is -2.35. The molecule has 4 heterocycles. The van der Waals surface area contributed by atoms with Crippen molar-refractivity contribution in [3.8, 4) is 0 Å². The van der Waals surface area contributed by atoms with Crippen LogP contribution in [0.1, 0.15) is 31.9 Å². The number of hydrogen-bond acceptors (Lipinski definition) is 5. The van der Waals surface area contributed by atoms with Crippen molar-refractivity contribution in [3.63, 3.8) is 0 Å². The van der Waals surface area contributed by atoms with E-state index in [9.17, 15) is 9.59 Å². The molecule has 0 fully saturated rings. The monoisotopic (exact) mass is 393 g/mol. The summed E-state index contributed by atoms with van der Waals surface area (Å²) in [5.74, 6) is -0.146. The Bertz CT molecular complexity index is 1190. The lowest BCUT2D eigenvalue weighted by atomic mass is 9.98. The number of hydrogen-bond donors (Lipinski definition) is 0. The molecule has 3 aromatic heterocycles. The molecule has 1 atom stereocenters. The molecule has 0 saturated heterocycles.